The molecule has 2 heterocycles. The number of benzene rings is 1. The van der Waals surface area contributed by atoms with Crippen LogP contribution in [0.5, 0.6) is 0 Å². The Balaban J connectivity index is 1.63. The van der Waals surface area contributed by atoms with Gasteiger partial charge in [0, 0.05) is 19.3 Å². The van der Waals surface area contributed by atoms with Gasteiger partial charge >= 0.3 is 0 Å². The molecule has 1 amide bonds. The molecule has 8 heteroatoms. The van der Waals surface area contributed by atoms with Crippen molar-refractivity contribution in [3.8, 4) is 0 Å². The average Bonchev–Trinajstić information content (AvgIpc) is 3.25. The molecule has 3 aromatic rings. The van der Waals surface area contributed by atoms with Crippen LogP contribution in [0.15, 0.2) is 58.4 Å². The molecule has 0 radical (unpaired) electrons. The van der Waals surface area contributed by atoms with Gasteiger partial charge in [-0.05, 0) is 11.6 Å². The molecule has 124 valence electrons. The zero-order valence-corrected chi connectivity index (χ0v) is 13.9. The van der Waals surface area contributed by atoms with Crippen LogP contribution >= 0.6 is 11.8 Å². The highest BCUT2D eigenvalue weighted by molar-refractivity contribution is 7.99. The van der Waals surface area contributed by atoms with Crippen LogP contribution in [0.2, 0.25) is 0 Å². The standard InChI is InChI=1S/C16H17N5O2S/c1-12-19-20-16(23-12)24-11-15(22)18-14(10-21-9-5-8-17-21)13-6-3-2-4-7-13/h2-9,14H,10-11H2,1H3,(H,18,22)/t14-/m1/s1. The first-order valence-corrected chi connectivity index (χ1v) is 8.44. The SMILES string of the molecule is Cc1nnc(SCC(=O)N[C@H](Cn2cccn2)c2ccccc2)o1. The van der Waals surface area contributed by atoms with Crippen molar-refractivity contribution in [3.63, 3.8) is 0 Å². The van der Waals surface area contributed by atoms with Gasteiger partial charge in [-0.25, -0.2) is 0 Å². The highest BCUT2D eigenvalue weighted by Crippen LogP contribution is 2.18. The Morgan fingerprint density at radius 1 is 1.29 bits per heavy atom. The van der Waals surface area contributed by atoms with Gasteiger partial charge in [0.1, 0.15) is 0 Å². The van der Waals surface area contributed by atoms with E-state index in [1.807, 2.05) is 42.6 Å². The van der Waals surface area contributed by atoms with Crippen molar-refractivity contribution < 1.29 is 9.21 Å². The number of carbonyl (C=O) groups is 1. The van der Waals surface area contributed by atoms with Gasteiger partial charge in [0.25, 0.3) is 5.22 Å². The molecular weight excluding hydrogens is 326 g/mol. The van der Waals surface area contributed by atoms with Crippen LogP contribution in [0.3, 0.4) is 0 Å². The second kappa shape index (κ2) is 7.78. The van der Waals surface area contributed by atoms with Gasteiger partial charge < -0.3 is 9.73 Å². The Morgan fingerprint density at radius 3 is 2.79 bits per heavy atom. The quantitative estimate of drug-likeness (QED) is 0.662. The van der Waals surface area contributed by atoms with Crippen molar-refractivity contribution in [3.05, 3.63) is 60.2 Å². The number of rotatable bonds is 7. The molecule has 0 fully saturated rings. The Hall–Kier alpha value is -2.61. The van der Waals surface area contributed by atoms with Gasteiger partial charge in [-0.1, -0.05) is 42.1 Å². The second-order valence-corrected chi connectivity index (χ2v) is 6.06. The molecule has 1 aromatic carbocycles. The number of nitrogens with zero attached hydrogens (tertiary/aromatic N) is 4. The number of amides is 1. The van der Waals surface area contributed by atoms with E-state index < -0.39 is 0 Å². The molecule has 0 aliphatic rings. The van der Waals surface area contributed by atoms with E-state index in [0.29, 0.717) is 17.7 Å². The topological polar surface area (TPSA) is 85.8 Å². The number of thioether (sulfide) groups is 1. The van der Waals surface area contributed by atoms with Crippen LogP contribution in [-0.2, 0) is 11.3 Å². The summed E-state index contributed by atoms with van der Waals surface area (Å²) in [4.78, 5) is 12.3. The van der Waals surface area contributed by atoms with E-state index in [2.05, 4.69) is 20.6 Å². The molecule has 1 atom stereocenters. The summed E-state index contributed by atoms with van der Waals surface area (Å²) in [7, 11) is 0. The molecule has 0 spiro atoms. The minimum absolute atomic E-state index is 0.100. The van der Waals surface area contributed by atoms with Crippen LogP contribution in [-0.4, -0.2) is 31.6 Å². The van der Waals surface area contributed by atoms with Gasteiger partial charge in [-0.2, -0.15) is 5.10 Å². The van der Waals surface area contributed by atoms with E-state index in [9.17, 15) is 4.79 Å². The average molecular weight is 343 g/mol. The first kappa shape index (κ1) is 16.3. The maximum absolute atomic E-state index is 12.3. The van der Waals surface area contributed by atoms with Gasteiger partial charge in [0.15, 0.2) is 0 Å². The van der Waals surface area contributed by atoms with Gasteiger partial charge in [0.05, 0.1) is 18.3 Å². The van der Waals surface area contributed by atoms with E-state index in [1.165, 1.54) is 11.8 Å². The number of aromatic nitrogens is 4. The maximum atomic E-state index is 12.3. The monoisotopic (exact) mass is 343 g/mol. The third kappa shape index (κ3) is 4.45. The highest BCUT2D eigenvalue weighted by atomic mass is 32.2. The third-order valence-corrected chi connectivity index (χ3v) is 4.12. The lowest BCUT2D eigenvalue weighted by Crippen LogP contribution is -2.32. The molecule has 0 unspecified atom stereocenters. The van der Waals surface area contributed by atoms with Crippen LogP contribution in [0, 0.1) is 6.92 Å². The summed E-state index contributed by atoms with van der Waals surface area (Å²) in [5.41, 5.74) is 1.03. The summed E-state index contributed by atoms with van der Waals surface area (Å²) in [6, 6.07) is 11.5. The zero-order chi connectivity index (χ0) is 16.8. The van der Waals surface area contributed by atoms with Crippen LogP contribution in [0.4, 0.5) is 0 Å². The van der Waals surface area contributed by atoms with E-state index in [4.69, 9.17) is 4.42 Å². The Morgan fingerprint density at radius 2 is 2.12 bits per heavy atom. The summed E-state index contributed by atoms with van der Waals surface area (Å²) in [5.74, 6) is 0.597. The van der Waals surface area contributed by atoms with Gasteiger partial charge in [0.2, 0.25) is 11.8 Å². The fourth-order valence-electron chi connectivity index (χ4n) is 2.22. The molecule has 7 nitrogen and oxygen atoms in total. The molecule has 24 heavy (non-hydrogen) atoms. The Labute approximate surface area is 143 Å². The van der Waals surface area contributed by atoms with Crippen molar-refractivity contribution in [2.45, 2.75) is 24.7 Å². The Kier molecular flexibility index (Phi) is 5.27. The predicted octanol–water partition coefficient (Wildman–Crippen LogP) is 2.22. The first-order valence-electron chi connectivity index (χ1n) is 7.45. The molecule has 0 aliphatic heterocycles. The number of carbonyl (C=O) groups excluding carboxylic acids is 1. The van der Waals surface area contributed by atoms with Crippen molar-refractivity contribution >= 4 is 17.7 Å². The molecule has 0 saturated heterocycles. The molecule has 0 saturated carbocycles. The van der Waals surface area contributed by atoms with Crippen molar-refractivity contribution in [2.24, 2.45) is 0 Å². The number of hydrogen-bond acceptors (Lipinski definition) is 6. The van der Waals surface area contributed by atoms with E-state index in [1.54, 1.807) is 17.8 Å². The van der Waals surface area contributed by atoms with Gasteiger partial charge in [-0.15, -0.1) is 10.2 Å². The summed E-state index contributed by atoms with van der Waals surface area (Å²) >= 11 is 1.22. The molecule has 3 rings (SSSR count). The highest BCUT2D eigenvalue weighted by Gasteiger charge is 2.16. The lowest BCUT2D eigenvalue weighted by atomic mass is 10.1. The minimum atomic E-state index is -0.163. The molecule has 0 bridgehead atoms. The first-order chi connectivity index (χ1) is 11.7. The van der Waals surface area contributed by atoms with E-state index in [0.717, 1.165) is 5.56 Å². The normalized spacial score (nSPS) is 12.0. The molecular formula is C16H17N5O2S. The number of nitrogens with one attached hydrogen (secondary N) is 1. The van der Waals surface area contributed by atoms with Crippen molar-refractivity contribution in [1.82, 2.24) is 25.3 Å². The van der Waals surface area contributed by atoms with Crippen LogP contribution in [0.1, 0.15) is 17.5 Å². The summed E-state index contributed by atoms with van der Waals surface area (Å²) in [6.45, 7) is 2.28. The van der Waals surface area contributed by atoms with Crippen molar-refractivity contribution in [1.29, 1.82) is 0 Å². The summed E-state index contributed by atoms with van der Waals surface area (Å²) in [5, 5.41) is 15.3. The van der Waals surface area contributed by atoms with E-state index >= 15 is 0 Å². The second-order valence-electron chi connectivity index (χ2n) is 5.13. The molecule has 2 aromatic heterocycles. The lowest BCUT2D eigenvalue weighted by Gasteiger charge is -2.19. The largest absolute Gasteiger partial charge is 0.416 e. The van der Waals surface area contributed by atoms with Crippen molar-refractivity contribution in [2.75, 3.05) is 5.75 Å². The van der Waals surface area contributed by atoms with E-state index in [-0.39, 0.29) is 17.7 Å². The molecule has 0 aliphatic carbocycles. The Bertz CT molecular complexity index is 773. The fourth-order valence-corrected chi connectivity index (χ4v) is 2.83. The third-order valence-electron chi connectivity index (χ3n) is 3.30. The summed E-state index contributed by atoms with van der Waals surface area (Å²) < 4.78 is 7.05. The number of aryl methyl sites for hydroxylation is 1. The lowest BCUT2D eigenvalue weighted by molar-refractivity contribution is -0.119. The predicted molar refractivity (Wildman–Crippen MR) is 89.3 cm³/mol. The minimum Gasteiger partial charge on any atom is -0.416 e. The van der Waals surface area contributed by atoms with Gasteiger partial charge in [-0.3, -0.25) is 9.48 Å². The number of hydrogen-bond donors (Lipinski definition) is 1. The van der Waals surface area contributed by atoms with Crippen LogP contribution in [0.25, 0.3) is 0 Å². The smallest absolute Gasteiger partial charge is 0.277 e. The maximum Gasteiger partial charge on any atom is 0.277 e. The summed E-state index contributed by atoms with van der Waals surface area (Å²) in [6.07, 6.45) is 3.59. The van der Waals surface area contributed by atoms with Crippen LogP contribution < -0.4 is 5.32 Å². The zero-order valence-electron chi connectivity index (χ0n) is 13.1. The molecule has 1 N–H and O–H groups in total. The fraction of sp³-hybridized carbons (Fsp3) is 0.250.